The van der Waals surface area contributed by atoms with Crippen molar-refractivity contribution in [2.75, 3.05) is 6.61 Å². The molecule has 1 heterocycles. The molecule has 8 heteroatoms. The molecule has 1 fully saturated rings. The highest BCUT2D eigenvalue weighted by Crippen LogP contribution is 2.41. The zero-order chi connectivity index (χ0) is 37.1. The fourth-order valence-electron chi connectivity index (χ4n) is 6.10. The molecule has 0 aliphatic carbocycles. The maximum atomic E-state index is 12.5. The number of rotatable bonds is 13. The molecule has 1 aliphatic rings. The fraction of sp³-hybridized carbons (Fsp3) is 0.634. The molecular weight excluding hydrogens is 645 g/mol. The van der Waals surface area contributed by atoms with Crippen LogP contribution in [-0.2, 0) is 27.9 Å². The lowest BCUT2D eigenvalue weighted by atomic mass is 9.97. The third kappa shape index (κ3) is 10.3. The largest absolute Gasteiger partial charge is 0.465 e. The minimum atomic E-state index is -2.73. The van der Waals surface area contributed by atoms with Crippen molar-refractivity contribution in [1.82, 2.24) is 0 Å². The van der Waals surface area contributed by atoms with Gasteiger partial charge in [0.2, 0.25) is 0 Å². The molecule has 0 spiro atoms. The Kier molecular flexibility index (Phi) is 13.2. The second-order valence-electron chi connectivity index (χ2n) is 17.9. The van der Waals surface area contributed by atoms with Crippen LogP contribution in [0.5, 0.6) is 0 Å². The Morgan fingerprint density at radius 2 is 1.31 bits per heavy atom. The number of hydrogen-bond donors (Lipinski definition) is 0. The first kappa shape index (κ1) is 41.3. The highest BCUT2D eigenvalue weighted by atomic mass is 28.4. The summed E-state index contributed by atoms with van der Waals surface area (Å²) in [5.74, 6) is -0.939. The van der Waals surface area contributed by atoms with Crippen molar-refractivity contribution in [3.63, 3.8) is 0 Å². The topological polar surface area (TPSA) is 63.2 Å². The van der Waals surface area contributed by atoms with Gasteiger partial charge in [0.05, 0.1) is 24.2 Å². The molecule has 0 radical (unpaired) electrons. The van der Waals surface area contributed by atoms with Gasteiger partial charge in [0.15, 0.2) is 14.1 Å². The number of esters is 1. The summed E-state index contributed by atoms with van der Waals surface area (Å²) >= 11 is 0. The van der Waals surface area contributed by atoms with Gasteiger partial charge >= 0.3 is 5.97 Å². The molecule has 2 aromatic rings. The normalized spacial score (nSPS) is 21.0. The zero-order valence-electron chi connectivity index (χ0n) is 33.2. The van der Waals surface area contributed by atoms with Gasteiger partial charge in [0.1, 0.15) is 6.10 Å². The van der Waals surface area contributed by atoms with Gasteiger partial charge in [-0.25, -0.2) is 0 Å². The summed E-state index contributed by atoms with van der Waals surface area (Å²) in [6.45, 7) is 32.4. The standard InChI is InChI=1S/C41H66O6Si2/c1-30(31(2)46-49(40(9,10)11,32-22-18-16-19-23-32)33-24-20-17-21-25-33)26-27-35(47-48(14,15)39(6,7)8)36-34(44-41(12,13)45-36)28-29-43-37(42)38(3,4)5/h16-27,30-31,34-36H,28-29H2,1-15H3/b27-26-/t30-,31?,34+,35?,36+/m1/s1. The summed E-state index contributed by atoms with van der Waals surface area (Å²) in [6.07, 6.45) is 3.84. The monoisotopic (exact) mass is 710 g/mol. The van der Waals surface area contributed by atoms with Crippen molar-refractivity contribution in [3.8, 4) is 0 Å². The predicted octanol–water partition coefficient (Wildman–Crippen LogP) is 9.03. The Morgan fingerprint density at radius 1 is 0.796 bits per heavy atom. The van der Waals surface area contributed by atoms with E-state index in [9.17, 15) is 4.79 Å². The van der Waals surface area contributed by atoms with Gasteiger partial charge in [-0.3, -0.25) is 4.79 Å². The molecule has 0 amide bonds. The number of benzene rings is 2. The van der Waals surface area contributed by atoms with Crippen LogP contribution in [0.15, 0.2) is 72.8 Å². The van der Waals surface area contributed by atoms with E-state index < -0.39 is 27.8 Å². The molecule has 0 aromatic heterocycles. The van der Waals surface area contributed by atoms with E-state index in [0.29, 0.717) is 6.42 Å². The summed E-state index contributed by atoms with van der Waals surface area (Å²) in [6, 6.07) is 21.6. The molecule has 2 unspecified atom stereocenters. The molecular formula is C41H66O6Si2. The highest BCUT2D eigenvalue weighted by molar-refractivity contribution is 6.99. The van der Waals surface area contributed by atoms with Crippen molar-refractivity contribution < 1.29 is 27.9 Å². The van der Waals surface area contributed by atoms with Crippen LogP contribution in [0.4, 0.5) is 0 Å². The van der Waals surface area contributed by atoms with Gasteiger partial charge in [0, 0.05) is 12.5 Å². The van der Waals surface area contributed by atoms with Crippen LogP contribution in [0.2, 0.25) is 23.2 Å². The zero-order valence-corrected chi connectivity index (χ0v) is 35.2. The third-order valence-corrected chi connectivity index (χ3v) is 19.8. The SMILES string of the molecule is CC(O[Si](c1ccccc1)(c1ccccc1)C(C)(C)C)[C@H](C)/C=C\C(O[Si](C)(C)C(C)(C)C)[C@H]1OC(C)(C)O[C@H]1CCOC(=O)C(C)(C)C. The Morgan fingerprint density at radius 3 is 1.76 bits per heavy atom. The van der Waals surface area contributed by atoms with E-state index in [-0.39, 0.29) is 53.0 Å². The lowest BCUT2D eigenvalue weighted by Crippen LogP contribution is -2.67. The van der Waals surface area contributed by atoms with E-state index in [4.69, 9.17) is 23.1 Å². The molecule has 0 bridgehead atoms. The molecule has 0 saturated carbocycles. The van der Waals surface area contributed by atoms with Gasteiger partial charge in [-0.05, 0) is 81.0 Å². The lowest BCUT2D eigenvalue weighted by Gasteiger charge is -2.45. The van der Waals surface area contributed by atoms with Crippen molar-refractivity contribution in [1.29, 1.82) is 0 Å². The summed E-state index contributed by atoms with van der Waals surface area (Å²) < 4.78 is 33.3. The highest BCUT2D eigenvalue weighted by Gasteiger charge is 2.52. The third-order valence-electron chi connectivity index (χ3n) is 10.2. The molecule has 0 N–H and O–H groups in total. The molecule has 1 saturated heterocycles. The van der Waals surface area contributed by atoms with Crippen LogP contribution in [0, 0.1) is 11.3 Å². The second-order valence-corrected chi connectivity index (χ2v) is 26.9. The van der Waals surface area contributed by atoms with E-state index in [2.05, 4.69) is 141 Å². The minimum absolute atomic E-state index is 0.00287. The van der Waals surface area contributed by atoms with Gasteiger partial charge in [-0.2, -0.15) is 0 Å². The van der Waals surface area contributed by atoms with Gasteiger partial charge in [-0.15, -0.1) is 0 Å². The van der Waals surface area contributed by atoms with Gasteiger partial charge in [-0.1, -0.05) is 121 Å². The molecule has 274 valence electrons. The van der Waals surface area contributed by atoms with Crippen LogP contribution in [0.25, 0.3) is 0 Å². The average molecular weight is 711 g/mol. The molecule has 1 aliphatic heterocycles. The Hall–Kier alpha value is -2.08. The predicted molar refractivity (Wildman–Crippen MR) is 207 cm³/mol. The van der Waals surface area contributed by atoms with E-state index in [1.54, 1.807) is 0 Å². The summed E-state index contributed by atoms with van der Waals surface area (Å²) in [5.41, 5.74) is -0.564. The van der Waals surface area contributed by atoms with Gasteiger partial charge < -0.3 is 23.1 Å². The van der Waals surface area contributed by atoms with E-state index in [1.165, 1.54) is 10.4 Å². The quantitative estimate of drug-likeness (QED) is 0.118. The first-order chi connectivity index (χ1) is 22.4. The molecule has 2 aromatic carbocycles. The Labute approximate surface area is 300 Å². The van der Waals surface area contributed by atoms with Crippen LogP contribution >= 0.6 is 0 Å². The number of carbonyl (C=O) groups is 1. The molecule has 49 heavy (non-hydrogen) atoms. The fourth-order valence-corrected chi connectivity index (χ4v) is 12.1. The smallest absolute Gasteiger partial charge is 0.311 e. The lowest BCUT2D eigenvalue weighted by molar-refractivity contribution is -0.157. The van der Waals surface area contributed by atoms with E-state index in [1.807, 2.05) is 34.6 Å². The summed E-state index contributed by atoms with van der Waals surface area (Å²) in [4.78, 5) is 12.5. The van der Waals surface area contributed by atoms with Gasteiger partial charge in [0.25, 0.3) is 8.32 Å². The van der Waals surface area contributed by atoms with E-state index >= 15 is 0 Å². The maximum Gasteiger partial charge on any atom is 0.311 e. The number of hydrogen-bond acceptors (Lipinski definition) is 6. The second kappa shape index (κ2) is 15.7. The van der Waals surface area contributed by atoms with Crippen molar-refractivity contribution in [2.24, 2.45) is 11.3 Å². The minimum Gasteiger partial charge on any atom is -0.465 e. The van der Waals surface area contributed by atoms with Crippen molar-refractivity contribution >= 4 is 33.0 Å². The van der Waals surface area contributed by atoms with Crippen LogP contribution in [0.3, 0.4) is 0 Å². The number of carbonyl (C=O) groups excluding carboxylic acids is 1. The van der Waals surface area contributed by atoms with Crippen LogP contribution < -0.4 is 10.4 Å². The Balaban J connectivity index is 1.97. The first-order valence-electron chi connectivity index (χ1n) is 18.1. The summed E-state index contributed by atoms with van der Waals surface area (Å²) in [5, 5.41) is 2.41. The maximum absolute atomic E-state index is 12.5. The molecule has 5 atom stereocenters. The van der Waals surface area contributed by atoms with Crippen LogP contribution in [-0.4, -0.2) is 59.4 Å². The Bertz CT molecular complexity index is 1330. The number of ether oxygens (including phenoxy) is 3. The van der Waals surface area contributed by atoms with E-state index in [0.717, 1.165) is 0 Å². The van der Waals surface area contributed by atoms with Crippen molar-refractivity contribution in [3.05, 3.63) is 72.8 Å². The summed E-state index contributed by atoms with van der Waals surface area (Å²) in [7, 11) is -4.96. The van der Waals surface area contributed by atoms with Crippen molar-refractivity contribution in [2.45, 2.75) is 150 Å². The van der Waals surface area contributed by atoms with Crippen LogP contribution in [0.1, 0.15) is 96.4 Å². The first-order valence-corrected chi connectivity index (χ1v) is 22.9. The molecule has 6 nitrogen and oxygen atoms in total. The average Bonchev–Trinajstić information content (AvgIpc) is 3.30. The molecule has 3 rings (SSSR count).